The van der Waals surface area contributed by atoms with Gasteiger partial charge in [-0.2, -0.15) is 0 Å². The molecule has 0 atom stereocenters. The molecule has 0 radical (unpaired) electrons. The fourth-order valence-corrected chi connectivity index (χ4v) is 4.29. The van der Waals surface area contributed by atoms with Crippen LogP contribution in [0.1, 0.15) is 73.9 Å². The van der Waals surface area contributed by atoms with Crippen molar-refractivity contribution in [2.24, 2.45) is 0 Å². The fraction of sp³-hybridized carbons (Fsp3) is 0.429. The molecule has 1 aliphatic heterocycles. The van der Waals surface area contributed by atoms with Crippen LogP contribution in [-0.2, 0) is 16.0 Å². The molecule has 1 saturated heterocycles. The Bertz CT molecular complexity index is 940. The molecule has 0 saturated carbocycles. The summed E-state index contributed by atoms with van der Waals surface area (Å²) >= 11 is 0. The molecule has 3 rings (SSSR count). The number of carbonyl (C=O) groups is 2. The molecule has 0 aliphatic carbocycles. The average Bonchev–Trinajstić information content (AvgIpc) is 2.97. The smallest absolute Gasteiger partial charge is 0.338 e. The Balaban J connectivity index is 1.69. The second kappa shape index (κ2) is 12.8. The number of hydrogen-bond donors (Lipinski definition) is 1. The number of nitrogens with one attached hydrogen (secondary N) is 1. The van der Waals surface area contributed by atoms with Crippen LogP contribution in [0.25, 0.3) is 5.70 Å². The van der Waals surface area contributed by atoms with E-state index in [0.717, 1.165) is 29.9 Å². The number of nitrogens with zero attached hydrogens (tertiary/aromatic N) is 1. The number of esters is 1. The van der Waals surface area contributed by atoms with Gasteiger partial charge in [-0.25, -0.2) is 4.79 Å². The molecule has 0 spiro atoms. The Morgan fingerprint density at radius 2 is 1.58 bits per heavy atom. The summed E-state index contributed by atoms with van der Waals surface area (Å²) in [4.78, 5) is 27.2. The van der Waals surface area contributed by atoms with E-state index in [1.165, 1.54) is 44.2 Å². The summed E-state index contributed by atoms with van der Waals surface area (Å²) in [7, 11) is 0. The molecule has 33 heavy (non-hydrogen) atoms. The van der Waals surface area contributed by atoms with E-state index < -0.39 is 0 Å². The zero-order chi connectivity index (χ0) is 23.5. The van der Waals surface area contributed by atoms with E-state index in [9.17, 15) is 9.59 Å². The summed E-state index contributed by atoms with van der Waals surface area (Å²) in [6.07, 6.45) is 9.82. The standard InChI is InChI=1S/C28H36N2O3/c1-3-25(29-27(31)21-22-15-17-23(18-16-22)28(32)33-4-2)24-13-9-10-14-26(24)30-19-11-7-5-6-8-12-20-30/h3,9-10,13-18H,4-8,11-12,19-21H2,1-2H3,(H,29,31)/b25-3+. The van der Waals surface area contributed by atoms with Crippen molar-refractivity contribution in [2.45, 2.75) is 58.8 Å². The topological polar surface area (TPSA) is 58.6 Å². The Kier molecular flexibility index (Phi) is 9.55. The van der Waals surface area contributed by atoms with Gasteiger partial charge in [0.2, 0.25) is 5.91 Å². The third-order valence-electron chi connectivity index (χ3n) is 6.03. The highest BCUT2D eigenvalue weighted by atomic mass is 16.5. The lowest BCUT2D eigenvalue weighted by molar-refractivity contribution is -0.119. The van der Waals surface area contributed by atoms with Crippen molar-refractivity contribution >= 4 is 23.3 Å². The highest BCUT2D eigenvalue weighted by Gasteiger charge is 2.16. The highest BCUT2D eigenvalue weighted by molar-refractivity contribution is 5.91. The molecule has 5 heteroatoms. The van der Waals surface area contributed by atoms with Crippen molar-refractivity contribution in [1.29, 1.82) is 0 Å². The third kappa shape index (κ3) is 7.21. The van der Waals surface area contributed by atoms with Gasteiger partial charge < -0.3 is 15.0 Å². The van der Waals surface area contributed by atoms with E-state index in [1.54, 1.807) is 31.2 Å². The molecule has 0 aromatic heterocycles. The molecule has 1 fully saturated rings. The predicted octanol–water partition coefficient (Wildman–Crippen LogP) is 5.74. The minimum Gasteiger partial charge on any atom is -0.462 e. The summed E-state index contributed by atoms with van der Waals surface area (Å²) in [5, 5.41) is 3.11. The largest absolute Gasteiger partial charge is 0.462 e. The number of carbonyl (C=O) groups excluding carboxylic acids is 2. The van der Waals surface area contributed by atoms with Crippen LogP contribution < -0.4 is 10.2 Å². The molecule has 1 heterocycles. The second-order valence-electron chi connectivity index (χ2n) is 8.47. The second-order valence-corrected chi connectivity index (χ2v) is 8.47. The molecular weight excluding hydrogens is 412 g/mol. The van der Waals surface area contributed by atoms with Crippen molar-refractivity contribution in [3.05, 3.63) is 71.3 Å². The SMILES string of the molecule is C/C=C(/NC(=O)Cc1ccc(C(=O)OCC)cc1)c1ccccc1N1CCCCCCCC1. The van der Waals surface area contributed by atoms with Crippen molar-refractivity contribution in [3.63, 3.8) is 0 Å². The summed E-state index contributed by atoms with van der Waals surface area (Å²) in [5.74, 6) is -0.424. The molecule has 1 aliphatic rings. The van der Waals surface area contributed by atoms with E-state index in [4.69, 9.17) is 4.74 Å². The van der Waals surface area contributed by atoms with Gasteiger partial charge in [-0.15, -0.1) is 0 Å². The number of para-hydroxylation sites is 1. The number of amides is 1. The Hall–Kier alpha value is -3.08. The molecule has 0 bridgehead atoms. The van der Waals surface area contributed by atoms with Gasteiger partial charge in [0.15, 0.2) is 0 Å². The maximum Gasteiger partial charge on any atom is 0.338 e. The fourth-order valence-electron chi connectivity index (χ4n) is 4.29. The van der Waals surface area contributed by atoms with Crippen LogP contribution in [0.4, 0.5) is 5.69 Å². The lowest BCUT2D eigenvalue weighted by Gasteiger charge is -2.27. The lowest BCUT2D eigenvalue weighted by atomic mass is 10.1. The van der Waals surface area contributed by atoms with Crippen molar-refractivity contribution in [2.75, 3.05) is 24.6 Å². The molecular formula is C28H36N2O3. The summed E-state index contributed by atoms with van der Waals surface area (Å²) in [5.41, 5.74) is 4.42. The number of benzene rings is 2. The first-order chi connectivity index (χ1) is 16.1. The van der Waals surface area contributed by atoms with Gasteiger partial charge in [0.25, 0.3) is 0 Å². The molecule has 1 amide bonds. The van der Waals surface area contributed by atoms with Crippen molar-refractivity contribution in [1.82, 2.24) is 5.32 Å². The van der Waals surface area contributed by atoms with Crippen LogP contribution in [0.3, 0.4) is 0 Å². The molecule has 2 aromatic rings. The van der Waals surface area contributed by atoms with E-state index in [0.29, 0.717) is 12.2 Å². The predicted molar refractivity (Wildman–Crippen MR) is 134 cm³/mol. The summed E-state index contributed by atoms with van der Waals surface area (Å²) in [6.45, 7) is 6.18. The third-order valence-corrected chi connectivity index (χ3v) is 6.03. The number of hydrogen-bond acceptors (Lipinski definition) is 4. The number of ether oxygens (including phenoxy) is 1. The van der Waals surface area contributed by atoms with Gasteiger partial charge in [-0.3, -0.25) is 4.79 Å². The van der Waals surface area contributed by atoms with Crippen LogP contribution in [0, 0.1) is 0 Å². The van der Waals surface area contributed by atoms with Gasteiger partial charge in [0, 0.05) is 30.0 Å². The summed E-state index contributed by atoms with van der Waals surface area (Å²) in [6, 6.07) is 15.4. The zero-order valence-corrected chi connectivity index (χ0v) is 19.9. The quantitative estimate of drug-likeness (QED) is 0.549. The van der Waals surface area contributed by atoms with Gasteiger partial charge in [-0.1, -0.05) is 62.1 Å². The zero-order valence-electron chi connectivity index (χ0n) is 19.9. The van der Waals surface area contributed by atoms with E-state index in [1.807, 2.05) is 19.1 Å². The monoisotopic (exact) mass is 448 g/mol. The van der Waals surface area contributed by atoms with Crippen LogP contribution in [0.2, 0.25) is 0 Å². The highest BCUT2D eigenvalue weighted by Crippen LogP contribution is 2.28. The Labute approximate surface area is 197 Å². The average molecular weight is 449 g/mol. The first-order valence-corrected chi connectivity index (χ1v) is 12.2. The summed E-state index contributed by atoms with van der Waals surface area (Å²) < 4.78 is 5.02. The van der Waals surface area contributed by atoms with Gasteiger partial charge in [-0.05, 0) is 50.5 Å². The molecule has 176 valence electrons. The van der Waals surface area contributed by atoms with Crippen LogP contribution >= 0.6 is 0 Å². The molecule has 1 N–H and O–H groups in total. The van der Waals surface area contributed by atoms with Gasteiger partial charge in [0.1, 0.15) is 0 Å². The number of allylic oxidation sites excluding steroid dienone is 1. The molecule has 0 unspecified atom stereocenters. The Morgan fingerprint density at radius 3 is 2.21 bits per heavy atom. The van der Waals surface area contributed by atoms with E-state index in [2.05, 4.69) is 28.4 Å². The normalized spacial score (nSPS) is 15.2. The van der Waals surface area contributed by atoms with Crippen LogP contribution in [0.5, 0.6) is 0 Å². The number of anilines is 1. The van der Waals surface area contributed by atoms with E-state index >= 15 is 0 Å². The van der Waals surface area contributed by atoms with Gasteiger partial charge in [0.05, 0.1) is 18.6 Å². The number of rotatable bonds is 7. The van der Waals surface area contributed by atoms with Crippen LogP contribution in [-0.4, -0.2) is 31.6 Å². The maximum absolute atomic E-state index is 12.9. The van der Waals surface area contributed by atoms with Crippen molar-refractivity contribution in [3.8, 4) is 0 Å². The van der Waals surface area contributed by atoms with Crippen molar-refractivity contribution < 1.29 is 14.3 Å². The van der Waals surface area contributed by atoms with E-state index in [-0.39, 0.29) is 18.3 Å². The first-order valence-electron chi connectivity index (χ1n) is 12.2. The first kappa shape index (κ1) is 24.6. The molecule has 2 aromatic carbocycles. The Morgan fingerprint density at radius 1 is 0.939 bits per heavy atom. The van der Waals surface area contributed by atoms with Gasteiger partial charge >= 0.3 is 5.97 Å². The van der Waals surface area contributed by atoms with Crippen LogP contribution in [0.15, 0.2) is 54.6 Å². The molecule has 5 nitrogen and oxygen atoms in total. The minimum atomic E-state index is -0.346. The lowest BCUT2D eigenvalue weighted by Crippen LogP contribution is -2.28. The minimum absolute atomic E-state index is 0.0775. The maximum atomic E-state index is 12.9.